The molecule has 144 valence electrons. The van der Waals surface area contributed by atoms with Gasteiger partial charge in [0.15, 0.2) is 0 Å². The van der Waals surface area contributed by atoms with Crippen molar-refractivity contribution < 1.29 is 9.53 Å². The molecule has 0 radical (unpaired) electrons. The van der Waals surface area contributed by atoms with Crippen molar-refractivity contribution >= 4 is 28.3 Å². The molecule has 1 amide bonds. The summed E-state index contributed by atoms with van der Waals surface area (Å²) in [4.78, 5) is 21.7. The van der Waals surface area contributed by atoms with Crippen LogP contribution in [-0.4, -0.2) is 34.1 Å². The van der Waals surface area contributed by atoms with E-state index in [4.69, 9.17) is 4.74 Å². The number of carbonyl (C=O) groups excluding carboxylic acids is 1. The van der Waals surface area contributed by atoms with Gasteiger partial charge < -0.3 is 19.9 Å². The molecule has 7 heteroatoms. The fraction of sp³-hybridized carbons (Fsp3) is 0.136. The van der Waals surface area contributed by atoms with Crippen molar-refractivity contribution in [3.63, 3.8) is 0 Å². The molecule has 1 aliphatic heterocycles. The Morgan fingerprint density at radius 3 is 2.79 bits per heavy atom. The van der Waals surface area contributed by atoms with Crippen molar-refractivity contribution in [2.45, 2.75) is 6.54 Å². The Morgan fingerprint density at radius 1 is 1.10 bits per heavy atom. The maximum absolute atomic E-state index is 12.7. The standard InChI is InChI=1S/C22H19N5O2/c1-29-18-8-7-17-19(26-18)15(9-10-23-17)16-13-27-12-11-24-22(28)21(27)20(16)25-14-5-3-2-4-6-14/h2-10,13,25H,11-12H2,1H3,(H,24,28). The van der Waals surface area contributed by atoms with Crippen LogP contribution in [0.15, 0.2) is 60.9 Å². The minimum absolute atomic E-state index is 0.0927. The van der Waals surface area contributed by atoms with Gasteiger partial charge in [0.25, 0.3) is 5.91 Å². The van der Waals surface area contributed by atoms with Crippen molar-refractivity contribution in [2.24, 2.45) is 0 Å². The predicted molar refractivity (Wildman–Crippen MR) is 112 cm³/mol. The molecule has 1 aromatic carbocycles. The number of methoxy groups -OCH3 is 1. The van der Waals surface area contributed by atoms with E-state index < -0.39 is 0 Å². The summed E-state index contributed by atoms with van der Waals surface area (Å²) in [5, 5.41) is 6.38. The maximum Gasteiger partial charge on any atom is 0.270 e. The molecule has 0 saturated heterocycles. The minimum atomic E-state index is -0.0927. The molecule has 0 spiro atoms. The van der Waals surface area contributed by atoms with E-state index in [1.54, 1.807) is 19.4 Å². The van der Waals surface area contributed by atoms with E-state index in [1.807, 2.05) is 53.2 Å². The highest BCUT2D eigenvalue weighted by Crippen LogP contribution is 2.38. The van der Waals surface area contributed by atoms with Crippen LogP contribution in [-0.2, 0) is 6.54 Å². The molecule has 0 fully saturated rings. The van der Waals surface area contributed by atoms with E-state index in [9.17, 15) is 4.79 Å². The number of aromatic nitrogens is 3. The van der Waals surface area contributed by atoms with Crippen molar-refractivity contribution in [3.05, 3.63) is 66.6 Å². The van der Waals surface area contributed by atoms with Crippen LogP contribution in [0.3, 0.4) is 0 Å². The van der Waals surface area contributed by atoms with Crippen LogP contribution in [0.4, 0.5) is 11.4 Å². The molecular weight excluding hydrogens is 366 g/mol. The summed E-state index contributed by atoms with van der Waals surface area (Å²) in [6.07, 6.45) is 3.77. The van der Waals surface area contributed by atoms with Crippen molar-refractivity contribution in [3.8, 4) is 17.0 Å². The first-order valence-electron chi connectivity index (χ1n) is 9.38. The number of hydrogen-bond donors (Lipinski definition) is 2. The molecule has 0 aliphatic carbocycles. The highest BCUT2D eigenvalue weighted by molar-refractivity contribution is 6.06. The highest BCUT2D eigenvalue weighted by atomic mass is 16.5. The molecule has 2 N–H and O–H groups in total. The van der Waals surface area contributed by atoms with E-state index in [0.29, 0.717) is 24.7 Å². The van der Waals surface area contributed by atoms with E-state index >= 15 is 0 Å². The molecular formula is C22H19N5O2. The zero-order valence-electron chi connectivity index (χ0n) is 15.8. The molecule has 0 saturated carbocycles. The third kappa shape index (κ3) is 2.97. The van der Waals surface area contributed by atoms with Gasteiger partial charge in [-0.05, 0) is 24.3 Å². The Morgan fingerprint density at radius 2 is 1.97 bits per heavy atom. The fourth-order valence-electron chi connectivity index (χ4n) is 3.68. The second-order valence-electron chi connectivity index (χ2n) is 6.79. The van der Waals surface area contributed by atoms with Crippen LogP contribution in [0.25, 0.3) is 22.2 Å². The number of pyridine rings is 2. The molecule has 0 unspecified atom stereocenters. The van der Waals surface area contributed by atoms with E-state index in [0.717, 1.165) is 33.5 Å². The lowest BCUT2D eigenvalue weighted by Crippen LogP contribution is -2.35. The zero-order valence-corrected chi connectivity index (χ0v) is 15.8. The topological polar surface area (TPSA) is 81.1 Å². The van der Waals surface area contributed by atoms with E-state index in [2.05, 4.69) is 20.6 Å². The summed E-state index contributed by atoms with van der Waals surface area (Å²) < 4.78 is 7.31. The summed E-state index contributed by atoms with van der Waals surface area (Å²) in [5.74, 6) is 0.427. The van der Waals surface area contributed by atoms with Gasteiger partial charge in [-0.3, -0.25) is 9.78 Å². The number of hydrogen-bond acceptors (Lipinski definition) is 5. The number of nitrogens with one attached hydrogen (secondary N) is 2. The average Bonchev–Trinajstić information content (AvgIpc) is 3.13. The number of para-hydroxylation sites is 1. The van der Waals surface area contributed by atoms with Crippen LogP contribution in [0, 0.1) is 0 Å². The second kappa shape index (κ2) is 6.94. The molecule has 29 heavy (non-hydrogen) atoms. The van der Waals surface area contributed by atoms with Gasteiger partial charge in [0, 0.05) is 48.4 Å². The lowest BCUT2D eigenvalue weighted by Gasteiger charge is -2.17. The molecule has 4 heterocycles. The predicted octanol–water partition coefficient (Wildman–Crippen LogP) is 3.59. The molecule has 5 rings (SSSR count). The SMILES string of the molecule is COc1ccc2nccc(-c3cn4c(c3Nc3ccccc3)C(=O)NCC4)c2n1. The number of fused-ring (bicyclic) bond motifs is 2. The molecule has 7 nitrogen and oxygen atoms in total. The highest BCUT2D eigenvalue weighted by Gasteiger charge is 2.26. The Kier molecular flexibility index (Phi) is 4.13. The molecule has 1 aliphatic rings. The summed E-state index contributed by atoms with van der Waals surface area (Å²) in [7, 11) is 1.59. The smallest absolute Gasteiger partial charge is 0.270 e. The third-order valence-corrected chi connectivity index (χ3v) is 5.03. The van der Waals surface area contributed by atoms with Crippen molar-refractivity contribution in [2.75, 3.05) is 19.0 Å². The van der Waals surface area contributed by atoms with E-state index in [1.165, 1.54) is 0 Å². The first-order valence-corrected chi connectivity index (χ1v) is 9.38. The summed E-state index contributed by atoms with van der Waals surface area (Å²) in [6, 6.07) is 15.4. The molecule has 3 aromatic heterocycles. The monoisotopic (exact) mass is 385 g/mol. The van der Waals surface area contributed by atoms with Gasteiger partial charge >= 0.3 is 0 Å². The van der Waals surface area contributed by atoms with Gasteiger partial charge in [0.1, 0.15) is 11.2 Å². The van der Waals surface area contributed by atoms with Gasteiger partial charge in [-0.2, -0.15) is 0 Å². The molecule has 4 aromatic rings. The largest absolute Gasteiger partial charge is 0.481 e. The van der Waals surface area contributed by atoms with Crippen LogP contribution in [0.2, 0.25) is 0 Å². The van der Waals surface area contributed by atoms with Crippen molar-refractivity contribution in [1.82, 2.24) is 19.9 Å². The van der Waals surface area contributed by atoms with Crippen LogP contribution in [0.5, 0.6) is 5.88 Å². The molecule has 0 atom stereocenters. The Labute approximate surface area is 167 Å². The molecule has 0 bridgehead atoms. The summed E-state index contributed by atoms with van der Waals surface area (Å²) >= 11 is 0. The van der Waals surface area contributed by atoms with Crippen LogP contribution < -0.4 is 15.4 Å². The normalized spacial score (nSPS) is 13.1. The Balaban J connectivity index is 1.75. The first kappa shape index (κ1) is 17.2. The summed E-state index contributed by atoms with van der Waals surface area (Å²) in [5.41, 5.74) is 5.56. The van der Waals surface area contributed by atoms with Gasteiger partial charge in [0.05, 0.1) is 18.3 Å². The Bertz CT molecular complexity index is 1220. The quantitative estimate of drug-likeness (QED) is 0.561. The number of anilines is 2. The van der Waals surface area contributed by atoms with Gasteiger partial charge in [0.2, 0.25) is 5.88 Å². The van der Waals surface area contributed by atoms with Gasteiger partial charge in [-0.15, -0.1) is 0 Å². The lowest BCUT2D eigenvalue weighted by molar-refractivity contribution is 0.0929. The van der Waals surface area contributed by atoms with Crippen LogP contribution >= 0.6 is 0 Å². The van der Waals surface area contributed by atoms with Crippen LogP contribution in [0.1, 0.15) is 10.5 Å². The first-order chi connectivity index (χ1) is 14.2. The fourth-order valence-corrected chi connectivity index (χ4v) is 3.68. The van der Waals surface area contributed by atoms with Gasteiger partial charge in [-0.25, -0.2) is 4.98 Å². The maximum atomic E-state index is 12.7. The number of carbonyl (C=O) groups is 1. The second-order valence-corrected chi connectivity index (χ2v) is 6.79. The van der Waals surface area contributed by atoms with Gasteiger partial charge in [-0.1, -0.05) is 18.2 Å². The Hall–Kier alpha value is -3.87. The average molecular weight is 385 g/mol. The van der Waals surface area contributed by atoms with Crippen molar-refractivity contribution in [1.29, 1.82) is 0 Å². The number of rotatable bonds is 4. The third-order valence-electron chi connectivity index (χ3n) is 5.03. The number of benzene rings is 1. The lowest BCUT2D eigenvalue weighted by atomic mass is 10.1. The number of amides is 1. The van der Waals surface area contributed by atoms with E-state index in [-0.39, 0.29) is 5.91 Å². The number of nitrogens with zero attached hydrogens (tertiary/aromatic N) is 3. The summed E-state index contributed by atoms with van der Waals surface area (Å²) in [6.45, 7) is 1.32. The number of ether oxygens (including phenoxy) is 1. The zero-order chi connectivity index (χ0) is 19.8. The minimum Gasteiger partial charge on any atom is -0.481 e.